The van der Waals surface area contributed by atoms with Gasteiger partial charge in [-0.15, -0.1) is 11.3 Å². The number of nitrogens with zero attached hydrogens (tertiary/aromatic N) is 3. The maximum atomic E-state index is 13.0. The van der Waals surface area contributed by atoms with Gasteiger partial charge in [-0.2, -0.15) is 18.2 Å². The Hall–Kier alpha value is -2.55. The number of carbonyl (C=O) groups is 1. The first-order valence-corrected chi connectivity index (χ1v) is 10.2. The number of anilines is 1. The summed E-state index contributed by atoms with van der Waals surface area (Å²) in [5, 5.41) is 1.81. The monoisotopic (exact) mass is 425 g/mol. The molecule has 5 nitrogen and oxygen atoms in total. The standard InChI is InChI=1S/C20H22F3N3O2S/c1-2-12-28-19(24-18(27)17-7-4-13-29-17)26-10-8-25(9-11-26)16-6-3-5-15(14-16)20(21,22)23/h3-7,13-14H,2,8-12H2,1H3. The fourth-order valence-corrected chi connectivity index (χ4v) is 3.57. The highest BCUT2D eigenvalue weighted by Crippen LogP contribution is 2.31. The molecule has 1 saturated heterocycles. The van der Waals surface area contributed by atoms with Gasteiger partial charge in [0.1, 0.15) is 0 Å². The molecule has 0 radical (unpaired) electrons. The Morgan fingerprint density at radius 1 is 1.17 bits per heavy atom. The summed E-state index contributed by atoms with van der Waals surface area (Å²) in [5.41, 5.74) is -0.130. The highest BCUT2D eigenvalue weighted by atomic mass is 32.1. The maximum Gasteiger partial charge on any atom is 0.416 e. The molecule has 3 rings (SSSR count). The van der Waals surface area contributed by atoms with Crippen LogP contribution in [0.25, 0.3) is 0 Å². The zero-order valence-corrected chi connectivity index (χ0v) is 16.8. The number of rotatable bonds is 4. The molecular weight excluding hydrogens is 403 g/mol. The Morgan fingerprint density at radius 3 is 2.55 bits per heavy atom. The summed E-state index contributed by atoms with van der Waals surface area (Å²) in [6.45, 7) is 4.40. The number of hydrogen-bond donors (Lipinski definition) is 0. The van der Waals surface area contributed by atoms with Gasteiger partial charge >= 0.3 is 6.18 Å². The number of aliphatic imine (C=N–C) groups is 1. The Morgan fingerprint density at radius 2 is 1.93 bits per heavy atom. The predicted octanol–water partition coefficient (Wildman–Crippen LogP) is 4.51. The minimum atomic E-state index is -4.37. The minimum absolute atomic E-state index is 0.272. The summed E-state index contributed by atoms with van der Waals surface area (Å²) < 4.78 is 44.6. The first-order chi connectivity index (χ1) is 13.9. The van der Waals surface area contributed by atoms with E-state index in [9.17, 15) is 18.0 Å². The van der Waals surface area contributed by atoms with Crippen LogP contribution >= 0.6 is 11.3 Å². The number of halogens is 3. The van der Waals surface area contributed by atoms with Crippen LogP contribution < -0.4 is 4.90 Å². The van der Waals surface area contributed by atoms with Gasteiger partial charge in [-0.25, -0.2) is 0 Å². The van der Waals surface area contributed by atoms with E-state index in [-0.39, 0.29) is 11.9 Å². The predicted molar refractivity (Wildman–Crippen MR) is 108 cm³/mol. The zero-order valence-electron chi connectivity index (χ0n) is 16.0. The van der Waals surface area contributed by atoms with Crippen molar-refractivity contribution < 1.29 is 22.7 Å². The third-order valence-corrected chi connectivity index (χ3v) is 5.31. The Kier molecular flexibility index (Phi) is 6.79. The quantitative estimate of drug-likeness (QED) is 0.534. The average molecular weight is 425 g/mol. The van der Waals surface area contributed by atoms with Gasteiger partial charge in [-0.3, -0.25) is 4.79 Å². The lowest BCUT2D eigenvalue weighted by atomic mass is 10.1. The second-order valence-electron chi connectivity index (χ2n) is 6.55. The summed E-state index contributed by atoms with van der Waals surface area (Å²) in [7, 11) is 0. The molecule has 0 unspecified atom stereocenters. The zero-order chi connectivity index (χ0) is 20.9. The van der Waals surface area contributed by atoms with Crippen molar-refractivity contribution in [2.45, 2.75) is 19.5 Å². The number of hydrogen-bond acceptors (Lipinski definition) is 4. The van der Waals surface area contributed by atoms with Crippen molar-refractivity contribution in [2.24, 2.45) is 4.99 Å². The number of benzene rings is 1. The number of amides is 1. The number of alkyl halides is 3. The van der Waals surface area contributed by atoms with E-state index >= 15 is 0 Å². The lowest BCUT2D eigenvalue weighted by molar-refractivity contribution is -0.137. The molecule has 0 N–H and O–H groups in total. The van der Waals surface area contributed by atoms with Crippen LogP contribution in [0.1, 0.15) is 28.6 Å². The SMILES string of the molecule is CCCOC(=NC(=O)c1cccs1)N1CCN(c2cccc(C(F)(F)F)c2)CC1. The van der Waals surface area contributed by atoms with Crippen LogP contribution in [0.4, 0.5) is 18.9 Å². The van der Waals surface area contributed by atoms with Gasteiger partial charge in [0.15, 0.2) is 0 Å². The topological polar surface area (TPSA) is 45.1 Å². The summed E-state index contributed by atoms with van der Waals surface area (Å²) in [6.07, 6.45) is -3.59. The number of thiophene rings is 1. The van der Waals surface area contributed by atoms with Crippen LogP contribution in [-0.4, -0.2) is 49.6 Å². The fraction of sp³-hybridized carbons (Fsp3) is 0.400. The van der Waals surface area contributed by atoms with Gasteiger partial charge in [0.05, 0.1) is 17.0 Å². The molecule has 156 valence electrons. The van der Waals surface area contributed by atoms with Gasteiger partial charge in [0.25, 0.3) is 11.9 Å². The van der Waals surface area contributed by atoms with E-state index in [1.807, 2.05) is 22.1 Å². The van der Waals surface area contributed by atoms with Gasteiger partial charge < -0.3 is 14.5 Å². The first-order valence-electron chi connectivity index (χ1n) is 9.35. The molecule has 1 aromatic heterocycles. The first kappa shape index (κ1) is 21.2. The molecule has 0 atom stereocenters. The largest absolute Gasteiger partial charge is 0.465 e. The van der Waals surface area contributed by atoms with E-state index in [1.165, 1.54) is 23.5 Å². The molecule has 0 spiro atoms. The summed E-state index contributed by atoms with van der Waals surface area (Å²) in [6, 6.07) is 9.09. The molecule has 1 aliphatic heterocycles. The van der Waals surface area contributed by atoms with Crippen molar-refractivity contribution in [1.29, 1.82) is 0 Å². The van der Waals surface area contributed by atoms with Crippen LogP contribution in [0, 0.1) is 0 Å². The molecule has 1 fully saturated rings. The summed E-state index contributed by atoms with van der Waals surface area (Å²) >= 11 is 1.31. The molecule has 1 aliphatic rings. The molecule has 9 heteroatoms. The highest BCUT2D eigenvalue weighted by Gasteiger charge is 2.31. The molecule has 1 aromatic carbocycles. The van der Waals surface area contributed by atoms with Crippen LogP contribution in [0.5, 0.6) is 0 Å². The van der Waals surface area contributed by atoms with Crippen molar-refractivity contribution in [2.75, 3.05) is 37.7 Å². The van der Waals surface area contributed by atoms with Crippen molar-refractivity contribution in [3.05, 3.63) is 52.2 Å². The van der Waals surface area contributed by atoms with E-state index in [2.05, 4.69) is 4.99 Å². The average Bonchev–Trinajstić information content (AvgIpc) is 3.26. The van der Waals surface area contributed by atoms with E-state index in [4.69, 9.17) is 4.74 Å². The van der Waals surface area contributed by atoms with Gasteiger partial charge in [0.2, 0.25) is 0 Å². The lowest BCUT2D eigenvalue weighted by Crippen LogP contribution is -2.49. The smallest absolute Gasteiger partial charge is 0.416 e. The van der Waals surface area contributed by atoms with Crippen molar-refractivity contribution in [3.63, 3.8) is 0 Å². The van der Waals surface area contributed by atoms with E-state index < -0.39 is 11.7 Å². The normalized spacial score (nSPS) is 15.5. The van der Waals surface area contributed by atoms with Crippen LogP contribution in [-0.2, 0) is 10.9 Å². The second kappa shape index (κ2) is 9.30. The molecule has 0 saturated carbocycles. The number of carbonyl (C=O) groups excluding carboxylic acids is 1. The molecule has 2 heterocycles. The number of amidine groups is 1. The summed E-state index contributed by atoms with van der Waals surface area (Å²) in [4.78, 5) is 20.8. The van der Waals surface area contributed by atoms with E-state index in [0.29, 0.717) is 43.4 Å². The summed E-state index contributed by atoms with van der Waals surface area (Å²) in [5.74, 6) is -0.355. The van der Waals surface area contributed by atoms with Crippen LogP contribution in [0.3, 0.4) is 0 Å². The van der Waals surface area contributed by atoms with E-state index in [0.717, 1.165) is 12.5 Å². The third-order valence-electron chi connectivity index (χ3n) is 4.45. The molecule has 2 aromatic rings. The van der Waals surface area contributed by atoms with Crippen molar-refractivity contribution >= 4 is 29.0 Å². The van der Waals surface area contributed by atoms with E-state index in [1.54, 1.807) is 18.2 Å². The number of piperazine rings is 1. The minimum Gasteiger partial charge on any atom is -0.465 e. The van der Waals surface area contributed by atoms with Crippen LogP contribution in [0.15, 0.2) is 46.8 Å². The highest BCUT2D eigenvalue weighted by molar-refractivity contribution is 7.12. The Labute approximate surface area is 171 Å². The lowest BCUT2D eigenvalue weighted by Gasteiger charge is -2.37. The van der Waals surface area contributed by atoms with Crippen LogP contribution in [0.2, 0.25) is 0 Å². The fourth-order valence-electron chi connectivity index (χ4n) is 2.96. The van der Waals surface area contributed by atoms with Crippen molar-refractivity contribution in [3.8, 4) is 0 Å². The van der Waals surface area contributed by atoms with Gasteiger partial charge in [-0.05, 0) is 36.1 Å². The number of ether oxygens (including phenoxy) is 1. The molecule has 29 heavy (non-hydrogen) atoms. The molecule has 0 aliphatic carbocycles. The molecule has 0 bridgehead atoms. The maximum absolute atomic E-state index is 13.0. The van der Waals surface area contributed by atoms with Gasteiger partial charge in [-0.1, -0.05) is 19.1 Å². The Bertz CT molecular complexity index is 845. The van der Waals surface area contributed by atoms with Crippen molar-refractivity contribution in [1.82, 2.24) is 4.90 Å². The second-order valence-corrected chi connectivity index (χ2v) is 7.50. The van der Waals surface area contributed by atoms with Gasteiger partial charge in [0, 0.05) is 31.9 Å². The molecule has 1 amide bonds. The molecular formula is C20H22F3N3O2S. The third kappa shape index (κ3) is 5.50. The Balaban J connectivity index is 1.69.